The topological polar surface area (TPSA) is 81.1 Å². The van der Waals surface area contributed by atoms with Gasteiger partial charge in [0.1, 0.15) is 12.4 Å². The third-order valence-electron chi connectivity index (χ3n) is 4.62. The Kier molecular flexibility index (Phi) is 4.83. The molecule has 0 spiro atoms. The molecule has 7 nitrogen and oxygen atoms in total. The molecule has 0 amide bonds. The number of ether oxygens (including phenoxy) is 1. The maximum atomic E-state index is 12.8. The van der Waals surface area contributed by atoms with E-state index >= 15 is 0 Å². The molecule has 0 atom stereocenters. The van der Waals surface area contributed by atoms with Gasteiger partial charge in [-0.05, 0) is 30.3 Å². The predicted octanol–water partition coefficient (Wildman–Crippen LogP) is 2.30. The number of nitrogens with zero attached hydrogens (tertiary/aromatic N) is 2. The Morgan fingerprint density at radius 2 is 2.00 bits per heavy atom. The van der Waals surface area contributed by atoms with Crippen molar-refractivity contribution in [2.75, 3.05) is 6.54 Å². The van der Waals surface area contributed by atoms with Gasteiger partial charge in [-0.15, -0.1) is 0 Å². The van der Waals surface area contributed by atoms with Gasteiger partial charge < -0.3 is 14.6 Å². The number of allylic oxidation sites excluding steroid dienone is 3. The summed E-state index contributed by atoms with van der Waals surface area (Å²) >= 11 is 5.92. The van der Waals surface area contributed by atoms with Crippen LogP contribution in [0.25, 0.3) is 10.9 Å². The van der Waals surface area contributed by atoms with E-state index in [9.17, 15) is 9.59 Å². The van der Waals surface area contributed by atoms with Crippen LogP contribution in [0.5, 0.6) is 5.75 Å². The number of rotatable bonds is 5. The Morgan fingerprint density at radius 1 is 1.21 bits per heavy atom. The maximum absolute atomic E-state index is 12.8. The third-order valence-corrected chi connectivity index (χ3v) is 4.87. The molecule has 2 aromatic heterocycles. The summed E-state index contributed by atoms with van der Waals surface area (Å²) in [7, 11) is 1.62. The van der Waals surface area contributed by atoms with Gasteiger partial charge in [-0.1, -0.05) is 23.8 Å². The highest BCUT2D eigenvalue weighted by molar-refractivity contribution is 6.30. The molecular weight excluding hydrogens is 380 g/mol. The van der Waals surface area contributed by atoms with Crippen molar-refractivity contribution in [2.45, 2.75) is 13.2 Å². The lowest BCUT2D eigenvalue weighted by molar-refractivity contribution is 0.295. The first kappa shape index (κ1) is 18.2. The predicted molar refractivity (Wildman–Crippen MR) is 109 cm³/mol. The van der Waals surface area contributed by atoms with Gasteiger partial charge in [0.05, 0.1) is 23.1 Å². The monoisotopic (exact) mass is 398 g/mol. The van der Waals surface area contributed by atoms with E-state index in [1.165, 1.54) is 10.7 Å². The van der Waals surface area contributed by atoms with Crippen LogP contribution in [-0.2, 0) is 20.2 Å². The van der Waals surface area contributed by atoms with Crippen molar-refractivity contribution in [3.05, 3.63) is 85.7 Å². The van der Waals surface area contributed by atoms with E-state index in [2.05, 4.69) is 10.4 Å². The van der Waals surface area contributed by atoms with Gasteiger partial charge in [0, 0.05) is 30.4 Å². The molecule has 3 heterocycles. The molecule has 1 aliphatic rings. The van der Waals surface area contributed by atoms with Crippen LogP contribution < -0.4 is 21.2 Å². The van der Waals surface area contributed by atoms with Crippen LogP contribution in [0, 0.1) is 0 Å². The average molecular weight is 399 g/mol. The lowest BCUT2D eigenvalue weighted by atomic mass is 10.2. The van der Waals surface area contributed by atoms with Crippen LogP contribution in [0.3, 0.4) is 0 Å². The zero-order valence-corrected chi connectivity index (χ0v) is 16.0. The minimum Gasteiger partial charge on any atom is -0.487 e. The molecule has 0 unspecified atom stereocenters. The fourth-order valence-electron chi connectivity index (χ4n) is 3.21. The summed E-state index contributed by atoms with van der Waals surface area (Å²) in [5.74, 6) is 0.603. The minimum absolute atomic E-state index is 0.0738. The van der Waals surface area contributed by atoms with Crippen molar-refractivity contribution >= 4 is 22.5 Å². The number of aryl methyl sites for hydroxylation is 1. The standard InChI is InChI=1S/C20H19ClN4O3/c1-24-20(27)19-16(23-24)10-18(26)25(11-14-4-2-3-9-22-14)17(19)12-28-15-7-5-13(21)6-8-15/h2-8,10,22-23H,9,11-12H2,1H3. The summed E-state index contributed by atoms with van der Waals surface area (Å²) in [5.41, 5.74) is 1.50. The third kappa shape index (κ3) is 3.48. The first-order chi connectivity index (χ1) is 13.5. The molecule has 0 saturated heterocycles. The Hall–Kier alpha value is -3.19. The summed E-state index contributed by atoms with van der Waals surface area (Å²) in [5, 5.41) is 7.21. The number of fused-ring (bicyclic) bond motifs is 1. The van der Waals surface area contributed by atoms with Crippen molar-refractivity contribution in [3.8, 4) is 5.75 Å². The van der Waals surface area contributed by atoms with Crippen molar-refractivity contribution in [2.24, 2.45) is 7.05 Å². The second kappa shape index (κ2) is 7.44. The molecule has 28 heavy (non-hydrogen) atoms. The van der Waals surface area contributed by atoms with Crippen molar-refractivity contribution in [1.82, 2.24) is 19.7 Å². The van der Waals surface area contributed by atoms with Gasteiger partial charge in [0.25, 0.3) is 11.1 Å². The Bertz CT molecular complexity index is 1200. The van der Waals surface area contributed by atoms with Crippen LogP contribution >= 0.6 is 11.6 Å². The fourth-order valence-corrected chi connectivity index (χ4v) is 3.34. The number of hydrogen-bond acceptors (Lipinski definition) is 4. The Balaban J connectivity index is 1.79. The number of aromatic amines is 1. The second-order valence-corrected chi connectivity index (χ2v) is 6.96. The van der Waals surface area contributed by atoms with E-state index in [0.717, 1.165) is 5.70 Å². The number of halogens is 1. The van der Waals surface area contributed by atoms with Crippen LogP contribution in [0.1, 0.15) is 5.69 Å². The summed E-state index contributed by atoms with van der Waals surface area (Å²) in [6, 6.07) is 8.39. The highest BCUT2D eigenvalue weighted by atomic mass is 35.5. The fraction of sp³-hybridized carbons (Fsp3) is 0.200. The molecule has 0 saturated carbocycles. The number of benzene rings is 1. The maximum Gasteiger partial charge on any atom is 0.276 e. The van der Waals surface area contributed by atoms with Gasteiger partial charge >= 0.3 is 0 Å². The number of dihydropyridines is 1. The minimum atomic E-state index is -0.207. The van der Waals surface area contributed by atoms with Crippen LogP contribution in [0.4, 0.5) is 0 Å². The van der Waals surface area contributed by atoms with Gasteiger partial charge in [0.15, 0.2) is 0 Å². The molecule has 0 radical (unpaired) electrons. The highest BCUT2D eigenvalue weighted by Crippen LogP contribution is 2.19. The molecule has 0 fully saturated rings. The molecule has 1 aliphatic heterocycles. The Morgan fingerprint density at radius 3 is 2.71 bits per heavy atom. The van der Waals surface area contributed by atoms with Gasteiger partial charge in [-0.3, -0.25) is 19.4 Å². The zero-order valence-electron chi connectivity index (χ0n) is 15.2. The largest absolute Gasteiger partial charge is 0.487 e. The van der Waals surface area contributed by atoms with E-state index in [4.69, 9.17) is 16.3 Å². The van der Waals surface area contributed by atoms with Crippen LogP contribution in [0.2, 0.25) is 5.02 Å². The van der Waals surface area contributed by atoms with Gasteiger partial charge in [-0.25, -0.2) is 0 Å². The summed E-state index contributed by atoms with van der Waals surface area (Å²) < 4.78 is 8.81. The van der Waals surface area contributed by atoms with E-state index < -0.39 is 0 Å². The average Bonchev–Trinajstić information content (AvgIpc) is 2.97. The number of pyridine rings is 1. The lowest BCUT2D eigenvalue weighted by Gasteiger charge is -2.18. The van der Waals surface area contributed by atoms with E-state index in [1.807, 2.05) is 18.2 Å². The molecule has 144 valence electrons. The highest BCUT2D eigenvalue weighted by Gasteiger charge is 2.17. The van der Waals surface area contributed by atoms with E-state index in [-0.39, 0.29) is 17.7 Å². The molecule has 8 heteroatoms. The molecule has 0 bridgehead atoms. The van der Waals surface area contributed by atoms with Crippen molar-refractivity contribution < 1.29 is 4.74 Å². The first-order valence-electron chi connectivity index (χ1n) is 8.82. The molecule has 0 aliphatic carbocycles. The SMILES string of the molecule is Cn1[nH]c2cc(=O)n(CC3=CC=CCN3)c(COc3ccc(Cl)cc3)c2c1=O. The number of nitrogens with one attached hydrogen (secondary N) is 2. The van der Waals surface area contributed by atoms with Crippen LogP contribution in [0.15, 0.2) is 63.8 Å². The molecule has 4 rings (SSSR count). The smallest absolute Gasteiger partial charge is 0.276 e. The summed E-state index contributed by atoms with van der Waals surface area (Å²) in [4.78, 5) is 25.5. The zero-order chi connectivity index (χ0) is 19.7. The van der Waals surface area contributed by atoms with Crippen LogP contribution in [-0.4, -0.2) is 20.9 Å². The summed E-state index contributed by atoms with van der Waals surface area (Å²) in [6.45, 7) is 1.10. The number of hydrogen-bond donors (Lipinski definition) is 2. The van der Waals surface area contributed by atoms with Gasteiger partial charge in [0.2, 0.25) is 0 Å². The first-order valence-corrected chi connectivity index (χ1v) is 9.20. The number of H-pyrrole nitrogens is 1. The van der Waals surface area contributed by atoms with Crippen molar-refractivity contribution in [3.63, 3.8) is 0 Å². The normalized spacial score (nSPS) is 13.4. The molecular formula is C20H19ClN4O3. The second-order valence-electron chi connectivity index (χ2n) is 6.52. The van der Waals surface area contributed by atoms with Gasteiger partial charge in [-0.2, -0.15) is 0 Å². The lowest BCUT2D eigenvalue weighted by Crippen LogP contribution is -2.30. The number of aromatic nitrogens is 3. The quantitative estimate of drug-likeness (QED) is 0.691. The molecule has 2 N–H and O–H groups in total. The van der Waals surface area contributed by atoms with E-state index in [1.54, 1.807) is 35.9 Å². The molecule has 3 aromatic rings. The van der Waals surface area contributed by atoms with Crippen molar-refractivity contribution in [1.29, 1.82) is 0 Å². The molecule has 1 aromatic carbocycles. The summed E-state index contributed by atoms with van der Waals surface area (Å²) in [6.07, 6.45) is 5.84. The van der Waals surface area contributed by atoms with E-state index in [0.29, 0.717) is 40.5 Å². The Labute approximate surface area is 165 Å².